The molecule has 1 aromatic heterocycles. The van der Waals surface area contributed by atoms with E-state index in [-0.39, 0.29) is 5.41 Å². The lowest BCUT2D eigenvalue weighted by Crippen LogP contribution is -2.44. The molecule has 0 radical (unpaired) electrons. The van der Waals surface area contributed by atoms with Crippen molar-refractivity contribution in [2.24, 2.45) is 0 Å². The van der Waals surface area contributed by atoms with Gasteiger partial charge in [0.05, 0.1) is 6.54 Å². The van der Waals surface area contributed by atoms with Gasteiger partial charge in [0, 0.05) is 5.56 Å². The lowest BCUT2D eigenvalue weighted by atomic mass is 9.85. The summed E-state index contributed by atoms with van der Waals surface area (Å²) in [6, 6.07) is 8.27. The van der Waals surface area contributed by atoms with Crippen LogP contribution < -0.4 is 0 Å². The summed E-state index contributed by atoms with van der Waals surface area (Å²) in [7, 11) is 0. The molecule has 4 atom stereocenters. The number of benzene rings is 1. The molecule has 3 aliphatic heterocycles. The Bertz CT molecular complexity index is 899. The maximum atomic E-state index is 11.7. The summed E-state index contributed by atoms with van der Waals surface area (Å²) in [4.78, 5) is 0. The van der Waals surface area contributed by atoms with Gasteiger partial charge in [-0.1, -0.05) is 50.3 Å². The van der Waals surface area contributed by atoms with E-state index in [1.807, 2.05) is 26.0 Å². The minimum Gasteiger partial charge on any atom is -0.378 e. The molecule has 4 unspecified atom stereocenters. The van der Waals surface area contributed by atoms with E-state index in [0.717, 1.165) is 5.56 Å². The topological polar surface area (TPSA) is 78.6 Å². The molecule has 7 heteroatoms. The molecular weight excluding hydrogens is 346 g/mol. The van der Waals surface area contributed by atoms with Crippen molar-refractivity contribution in [1.29, 1.82) is 0 Å². The van der Waals surface area contributed by atoms with Crippen molar-refractivity contribution in [2.75, 3.05) is 0 Å². The highest BCUT2D eigenvalue weighted by molar-refractivity contribution is 5.64. The highest BCUT2D eigenvalue weighted by atomic mass is 16.8. The Morgan fingerprint density at radius 1 is 1.15 bits per heavy atom. The second-order valence-electron chi connectivity index (χ2n) is 9.17. The third kappa shape index (κ3) is 2.35. The van der Waals surface area contributed by atoms with E-state index in [1.54, 1.807) is 4.68 Å². The van der Waals surface area contributed by atoms with Crippen LogP contribution in [-0.2, 0) is 31.8 Å². The Kier molecular flexibility index (Phi) is 3.31. The summed E-state index contributed by atoms with van der Waals surface area (Å²) in [5.74, 6) is -0.800. The number of ether oxygens (including phenoxy) is 3. The van der Waals surface area contributed by atoms with Crippen molar-refractivity contribution >= 4 is 0 Å². The third-order valence-electron chi connectivity index (χ3n) is 5.76. The van der Waals surface area contributed by atoms with Gasteiger partial charge in [0.2, 0.25) is 0 Å². The molecule has 0 spiro atoms. The van der Waals surface area contributed by atoms with Gasteiger partial charge < -0.3 is 19.3 Å². The molecule has 27 heavy (non-hydrogen) atoms. The summed E-state index contributed by atoms with van der Waals surface area (Å²) >= 11 is 0. The SMILES string of the molecule is CC1(C)OC2OC3Cn4nnc(-c5ccc(C(C)(C)C)cc5)c4C3(O)C2O1. The van der Waals surface area contributed by atoms with Crippen molar-refractivity contribution in [2.45, 2.75) is 76.5 Å². The molecule has 5 rings (SSSR count). The van der Waals surface area contributed by atoms with Crippen LogP contribution in [0.1, 0.15) is 45.9 Å². The second-order valence-corrected chi connectivity index (χ2v) is 9.17. The monoisotopic (exact) mass is 371 g/mol. The van der Waals surface area contributed by atoms with Gasteiger partial charge in [0.25, 0.3) is 0 Å². The van der Waals surface area contributed by atoms with Gasteiger partial charge in [-0.3, -0.25) is 0 Å². The zero-order chi connectivity index (χ0) is 19.2. The van der Waals surface area contributed by atoms with Crippen LogP contribution in [0.3, 0.4) is 0 Å². The molecule has 0 saturated carbocycles. The molecule has 1 aromatic carbocycles. The van der Waals surface area contributed by atoms with E-state index in [0.29, 0.717) is 17.9 Å². The number of nitrogens with zero attached hydrogens (tertiary/aromatic N) is 3. The summed E-state index contributed by atoms with van der Waals surface area (Å²) in [5, 5.41) is 20.3. The van der Waals surface area contributed by atoms with Gasteiger partial charge in [0.15, 0.2) is 17.7 Å². The fourth-order valence-electron chi connectivity index (χ4n) is 4.36. The fraction of sp³-hybridized carbons (Fsp3) is 0.600. The van der Waals surface area contributed by atoms with E-state index in [9.17, 15) is 5.11 Å². The van der Waals surface area contributed by atoms with Gasteiger partial charge in [-0.05, 0) is 24.8 Å². The first-order chi connectivity index (χ1) is 12.6. The Balaban J connectivity index is 1.57. The Hall–Kier alpha value is -1.80. The first-order valence-corrected chi connectivity index (χ1v) is 9.38. The van der Waals surface area contributed by atoms with E-state index >= 15 is 0 Å². The first-order valence-electron chi connectivity index (χ1n) is 9.38. The Labute approximate surface area is 158 Å². The van der Waals surface area contributed by atoms with Crippen molar-refractivity contribution in [3.05, 3.63) is 35.5 Å². The average molecular weight is 371 g/mol. The molecule has 2 saturated heterocycles. The van der Waals surface area contributed by atoms with Crippen molar-refractivity contribution in [1.82, 2.24) is 15.0 Å². The van der Waals surface area contributed by atoms with Crippen molar-refractivity contribution in [3.63, 3.8) is 0 Å². The summed E-state index contributed by atoms with van der Waals surface area (Å²) in [6.07, 6.45) is -1.65. The largest absolute Gasteiger partial charge is 0.378 e. The molecule has 0 aliphatic carbocycles. The van der Waals surface area contributed by atoms with Crippen LogP contribution in [0.25, 0.3) is 11.3 Å². The van der Waals surface area contributed by atoms with Crippen LogP contribution in [0.2, 0.25) is 0 Å². The molecule has 2 aromatic rings. The van der Waals surface area contributed by atoms with E-state index in [4.69, 9.17) is 14.2 Å². The fourth-order valence-corrected chi connectivity index (χ4v) is 4.36. The number of aromatic nitrogens is 3. The van der Waals surface area contributed by atoms with Crippen LogP contribution in [0, 0.1) is 0 Å². The highest BCUT2D eigenvalue weighted by Crippen LogP contribution is 2.53. The van der Waals surface area contributed by atoms with Gasteiger partial charge in [-0.25, -0.2) is 4.68 Å². The predicted molar refractivity (Wildman–Crippen MR) is 96.8 cm³/mol. The highest BCUT2D eigenvalue weighted by Gasteiger charge is 2.68. The van der Waals surface area contributed by atoms with Crippen LogP contribution >= 0.6 is 0 Å². The van der Waals surface area contributed by atoms with Gasteiger partial charge in [0.1, 0.15) is 23.6 Å². The number of hydrogen-bond donors (Lipinski definition) is 1. The number of rotatable bonds is 1. The molecule has 4 heterocycles. The molecular formula is C20H25N3O4. The number of aliphatic hydroxyl groups is 1. The normalized spacial score (nSPS) is 33.8. The number of fused-ring (bicyclic) bond motifs is 5. The van der Waals surface area contributed by atoms with Gasteiger partial charge in [-0.2, -0.15) is 0 Å². The van der Waals surface area contributed by atoms with Crippen LogP contribution in [0.5, 0.6) is 0 Å². The molecule has 144 valence electrons. The second kappa shape index (κ2) is 5.17. The van der Waals surface area contributed by atoms with Gasteiger partial charge in [-0.15, -0.1) is 5.10 Å². The molecule has 3 aliphatic rings. The zero-order valence-electron chi connectivity index (χ0n) is 16.3. The van der Waals surface area contributed by atoms with Gasteiger partial charge >= 0.3 is 0 Å². The predicted octanol–water partition coefficient (Wildman–Crippen LogP) is 2.32. The third-order valence-corrected chi connectivity index (χ3v) is 5.76. The Morgan fingerprint density at radius 3 is 2.52 bits per heavy atom. The van der Waals surface area contributed by atoms with Crippen LogP contribution in [0.4, 0.5) is 0 Å². The molecule has 2 fully saturated rings. The van der Waals surface area contributed by atoms with Crippen LogP contribution in [0.15, 0.2) is 24.3 Å². The lowest BCUT2D eigenvalue weighted by Gasteiger charge is -2.28. The molecule has 7 nitrogen and oxygen atoms in total. The first kappa shape index (κ1) is 17.3. The maximum Gasteiger partial charge on any atom is 0.191 e. The minimum atomic E-state index is -1.33. The maximum absolute atomic E-state index is 11.7. The molecule has 0 amide bonds. The minimum absolute atomic E-state index is 0.0728. The standard InChI is InChI=1S/C20H25N3O4/c1-18(2,3)12-8-6-11(7-9-12)14-15-20(24)13(10-23(15)22-21-14)25-17-16(20)26-19(4,5)27-17/h6-9,13,16-17,24H,10H2,1-5H3. The smallest absolute Gasteiger partial charge is 0.191 e. The van der Waals surface area contributed by atoms with E-state index in [2.05, 4.69) is 43.2 Å². The quantitative estimate of drug-likeness (QED) is 0.829. The van der Waals surface area contributed by atoms with E-state index < -0.39 is 29.9 Å². The van der Waals surface area contributed by atoms with Crippen LogP contribution in [-0.4, -0.2) is 44.4 Å². The lowest BCUT2D eigenvalue weighted by molar-refractivity contribution is -0.228. The number of hydrogen-bond acceptors (Lipinski definition) is 6. The zero-order valence-corrected chi connectivity index (χ0v) is 16.3. The Morgan fingerprint density at radius 2 is 1.85 bits per heavy atom. The molecule has 1 N–H and O–H groups in total. The summed E-state index contributed by atoms with van der Waals surface area (Å²) < 4.78 is 19.5. The average Bonchev–Trinajstić information content (AvgIpc) is 3.25. The molecule has 0 bridgehead atoms. The van der Waals surface area contributed by atoms with E-state index in [1.165, 1.54) is 5.56 Å². The summed E-state index contributed by atoms with van der Waals surface area (Å²) in [6.45, 7) is 10.6. The van der Waals surface area contributed by atoms with Crippen molar-refractivity contribution in [3.8, 4) is 11.3 Å². The summed E-state index contributed by atoms with van der Waals surface area (Å²) in [5.41, 5.74) is 2.21. The van der Waals surface area contributed by atoms with Crippen molar-refractivity contribution < 1.29 is 19.3 Å².